The lowest BCUT2D eigenvalue weighted by Gasteiger charge is -2.18. The Bertz CT molecular complexity index is 1340. The van der Waals surface area contributed by atoms with E-state index in [-0.39, 0.29) is 11.5 Å². The third-order valence-corrected chi connectivity index (χ3v) is 6.30. The van der Waals surface area contributed by atoms with Crippen LogP contribution in [0.25, 0.3) is 5.52 Å². The van der Waals surface area contributed by atoms with Crippen molar-refractivity contribution in [3.8, 4) is 11.5 Å². The molecule has 4 aromatic rings. The topological polar surface area (TPSA) is 102 Å². The quantitative estimate of drug-likeness (QED) is 0.361. The van der Waals surface area contributed by atoms with Crippen molar-refractivity contribution in [1.29, 1.82) is 0 Å². The molecule has 0 radical (unpaired) electrons. The minimum absolute atomic E-state index is 0.247. The van der Waals surface area contributed by atoms with Gasteiger partial charge in [-0.3, -0.25) is 4.79 Å². The Morgan fingerprint density at radius 2 is 1.80 bits per heavy atom. The third-order valence-electron chi connectivity index (χ3n) is 6.30. The molecule has 0 saturated heterocycles. The molecular weight excluding hydrogens is 444 g/mol. The van der Waals surface area contributed by atoms with E-state index in [2.05, 4.69) is 22.1 Å². The molecule has 0 aliphatic heterocycles. The van der Waals surface area contributed by atoms with Crippen LogP contribution in [-0.2, 0) is 12.8 Å². The maximum Gasteiger partial charge on any atom is 0.277 e. The fourth-order valence-corrected chi connectivity index (χ4v) is 4.50. The van der Waals surface area contributed by atoms with Crippen molar-refractivity contribution in [1.82, 2.24) is 19.6 Å². The second-order valence-corrected chi connectivity index (χ2v) is 8.81. The van der Waals surface area contributed by atoms with Crippen molar-refractivity contribution in [3.63, 3.8) is 0 Å². The van der Waals surface area contributed by atoms with Gasteiger partial charge in [0.2, 0.25) is 0 Å². The number of H-pyrrole nitrogens is 1. The number of nitrogens with one attached hydrogen (secondary N) is 1. The highest BCUT2D eigenvalue weighted by Gasteiger charge is 2.25. The minimum atomic E-state index is -0.633. The van der Waals surface area contributed by atoms with Crippen LogP contribution in [0, 0.1) is 6.92 Å². The zero-order chi connectivity index (χ0) is 24.9. The lowest BCUT2D eigenvalue weighted by molar-refractivity contribution is 0.151. The van der Waals surface area contributed by atoms with E-state index in [1.54, 1.807) is 32.6 Å². The van der Waals surface area contributed by atoms with Gasteiger partial charge in [0.1, 0.15) is 11.6 Å². The number of benzene rings is 2. The Labute approximate surface area is 204 Å². The van der Waals surface area contributed by atoms with Gasteiger partial charge >= 0.3 is 0 Å². The molecule has 0 unspecified atom stereocenters. The van der Waals surface area contributed by atoms with Crippen LogP contribution >= 0.6 is 0 Å². The zero-order valence-corrected chi connectivity index (χ0v) is 20.6. The third kappa shape index (κ3) is 5.38. The summed E-state index contributed by atoms with van der Waals surface area (Å²) in [6, 6.07) is 15.9. The molecule has 0 spiro atoms. The van der Waals surface area contributed by atoms with E-state index >= 15 is 0 Å². The molecule has 2 N–H and O–H groups in total. The molecule has 0 aliphatic rings. The number of rotatable bonds is 10. The minimum Gasteiger partial charge on any atom is -0.493 e. The van der Waals surface area contributed by atoms with E-state index in [9.17, 15) is 9.90 Å². The summed E-state index contributed by atoms with van der Waals surface area (Å²) in [5.74, 6) is 2.11. The van der Waals surface area contributed by atoms with Crippen molar-refractivity contribution in [3.05, 3.63) is 87.4 Å². The molecule has 184 valence electrons. The van der Waals surface area contributed by atoms with E-state index in [0.717, 1.165) is 24.8 Å². The Morgan fingerprint density at radius 3 is 2.49 bits per heavy atom. The predicted molar refractivity (Wildman–Crippen MR) is 134 cm³/mol. The van der Waals surface area contributed by atoms with Crippen LogP contribution in [0.2, 0.25) is 0 Å². The molecule has 2 aromatic carbocycles. The Balaban J connectivity index is 1.64. The van der Waals surface area contributed by atoms with Gasteiger partial charge in [0, 0.05) is 12.3 Å². The maximum absolute atomic E-state index is 13.0. The molecule has 0 fully saturated rings. The second-order valence-electron chi connectivity index (χ2n) is 8.81. The van der Waals surface area contributed by atoms with Gasteiger partial charge in [0.25, 0.3) is 5.56 Å². The molecule has 0 bridgehead atoms. The van der Waals surface area contributed by atoms with E-state index < -0.39 is 6.10 Å². The SMILES string of the molecule is COc1ccc(Cc2nn3c([C@H](CCCc4ccccc4)[C@H](C)O)nc(C)c3c(=O)[nH]2)cc1OC. The number of imidazole rings is 1. The fourth-order valence-electron chi connectivity index (χ4n) is 4.50. The Hall–Kier alpha value is -3.65. The van der Waals surface area contributed by atoms with E-state index in [1.165, 1.54) is 5.56 Å². The van der Waals surface area contributed by atoms with E-state index in [1.807, 2.05) is 36.4 Å². The van der Waals surface area contributed by atoms with E-state index in [0.29, 0.717) is 40.8 Å². The van der Waals surface area contributed by atoms with Crippen LogP contribution in [0.4, 0.5) is 0 Å². The van der Waals surface area contributed by atoms with Crippen LogP contribution in [0.5, 0.6) is 11.5 Å². The standard InChI is InChI=1S/C27H32N4O4/c1-17-25-27(33)29-24(16-20-13-14-22(34-3)23(15-20)35-4)30-31(25)26(28-17)21(18(2)32)12-8-11-19-9-6-5-7-10-19/h5-7,9-10,13-15,18,21,32H,8,11-12,16H2,1-4H3,(H,29,30,33)/t18-,21+/m0/s1. The van der Waals surface area contributed by atoms with Crippen LogP contribution in [0.15, 0.2) is 53.3 Å². The molecule has 8 heteroatoms. The largest absolute Gasteiger partial charge is 0.493 e. The molecule has 35 heavy (non-hydrogen) atoms. The monoisotopic (exact) mass is 476 g/mol. The summed E-state index contributed by atoms with van der Waals surface area (Å²) < 4.78 is 12.3. The van der Waals surface area contributed by atoms with Crippen LogP contribution < -0.4 is 15.0 Å². The number of fused-ring (bicyclic) bond motifs is 1. The number of hydrogen-bond acceptors (Lipinski definition) is 6. The number of aliphatic hydroxyl groups is 1. The maximum atomic E-state index is 13.0. The molecular formula is C27H32N4O4. The summed E-state index contributed by atoms with van der Waals surface area (Å²) in [4.78, 5) is 20.5. The Morgan fingerprint density at radius 1 is 1.06 bits per heavy atom. The normalized spacial score (nSPS) is 13.1. The summed E-state index contributed by atoms with van der Waals surface area (Å²) in [5.41, 5.74) is 2.93. The van der Waals surface area contributed by atoms with Gasteiger partial charge in [-0.1, -0.05) is 36.4 Å². The number of ether oxygens (including phenoxy) is 2. The van der Waals surface area contributed by atoms with Crippen molar-refractivity contribution < 1.29 is 14.6 Å². The second kappa shape index (κ2) is 10.7. The van der Waals surface area contributed by atoms with Gasteiger partial charge in [0.05, 0.1) is 26.0 Å². The number of aromatic nitrogens is 4. The van der Waals surface area contributed by atoms with Crippen molar-refractivity contribution >= 4 is 5.52 Å². The molecule has 8 nitrogen and oxygen atoms in total. The first-order valence-electron chi connectivity index (χ1n) is 11.8. The number of aliphatic hydroxyl groups excluding tert-OH is 1. The first-order chi connectivity index (χ1) is 16.9. The van der Waals surface area contributed by atoms with Gasteiger partial charge in [-0.05, 0) is 56.4 Å². The van der Waals surface area contributed by atoms with Gasteiger partial charge in [-0.25, -0.2) is 9.50 Å². The summed E-state index contributed by atoms with van der Waals surface area (Å²) in [5, 5.41) is 15.4. The number of nitrogens with zero attached hydrogens (tertiary/aromatic N) is 3. The van der Waals surface area contributed by atoms with Crippen molar-refractivity contribution in [2.45, 2.75) is 51.6 Å². The number of aromatic amines is 1. The highest BCUT2D eigenvalue weighted by Crippen LogP contribution is 2.29. The summed E-state index contributed by atoms with van der Waals surface area (Å²) in [7, 11) is 3.17. The Kier molecular flexibility index (Phi) is 7.51. The molecule has 0 aliphatic carbocycles. The van der Waals surface area contributed by atoms with Crippen molar-refractivity contribution in [2.75, 3.05) is 14.2 Å². The van der Waals surface area contributed by atoms with Gasteiger partial charge in [-0.15, -0.1) is 0 Å². The summed E-state index contributed by atoms with van der Waals surface area (Å²) >= 11 is 0. The van der Waals surface area contributed by atoms with Gasteiger partial charge < -0.3 is 19.6 Å². The van der Waals surface area contributed by atoms with Gasteiger partial charge in [0.15, 0.2) is 17.0 Å². The van der Waals surface area contributed by atoms with E-state index in [4.69, 9.17) is 14.6 Å². The van der Waals surface area contributed by atoms with Crippen molar-refractivity contribution in [2.24, 2.45) is 0 Å². The van der Waals surface area contributed by atoms with Crippen LogP contribution in [0.3, 0.4) is 0 Å². The zero-order valence-electron chi connectivity index (χ0n) is 20.6. The summed E-state index contributed by atoms with van der Waals surface area (Å²) in [6.45, 7) is 3.56. The molecule has 2 atom stereocenters. The fraction of sp³-hybridized carbons (Fsp3) is 0.370. The highest BCUT2D eigenvalue weighted by atomic mass is 16.5. The van der Waals surface area contributed by atoms with Gasteiger partial charge in [-0.2, -0.15) is 5.10 Å². The predicted octanol–water partition coefficient (Wildman–Crippen LogP) is 3.82. The molecule has 0 amide bonds. The number of hydrogen-bond donors (Lipinski definition) is 2. The average Bonchev–Trinajstić information content (AvgIpc) is 3.18. The van der Waals surface area contributed by atoms with Crippen LogP contribution in [-0.4, -0.2) is 45.0 Å². The molecule has 4 rings (SSSR count). The number of aryl methyl sites for hydroxylation is 2. The first-order valence-corrected chi connectivity index (χ1v) is 11.8. The summed E-state index contributed by atoms with van der Waals surface area (Å²) in [6.07, 6.45) is 2.28. The molecule has 2 heterocycles. The lowest BCUT2D eigenvalue weighted by atomic mass is 9.94. The number of methoxy groups -OCH3 is 2. The van der Waals surface area contributed by atoms with Crippen LogP contribution in [0.1, 0.15) is 54.2 Å². The smallest absolute Gasteiger partial charge is 0.277 e. The molecule has 0 saturated carbocycles. The lowest BCUT2D eigenvalue weighted by Crippen LogP contribution is -2.22. The molecule has 2 aromatic heterocycles. The first kappa shape index (κ1) is 24.5. The highest BCUT2D eigenvalue weighted by molar-refractivity contribution is 5.50. The average molecular weight is 477 g/mol.